The Labute approximate surface area is 160 Å². The Balaban J connectivity index is 1.57. The van der Waals surface area contributed by atoms with Gasteiger partial charge in [-0.2, -0.15) is 0 Å². The number of aryl methyl sites for hydroxylation is 2. The van der Waals surface area contributed by atoms with Crippen molar-refractivity contribution >= 4 is 33.2 Å². The number of nitrogens with zero attached hydrogens (tertiary/aromatic N) is 2. The lowest BCUT2D eigenvalue weighted by Crippen LogP contribution is -2.22. The van der Waals surface area contributed by atoms with E-state index in [1.165, 1.54) is 10.4 Å². The molecule has 0 bridgehead atoms. The molecule has 0 spiro atoms. The molecular weight excluding hydrogens is 370 g/mol. The third kappa shape index (κ3) is 3.24. The van der Waals surface area contributed by atoms with Crippen LogP contribution in [0.1, 0.15) is 28.2 Å². The Hall–Kier alpha value is -1.89. The van der Waals surface area contributed by atoms with E-state index in [9.17, 15) is 4.79 Å². The standard InChI is InChI=1S/C19H20ClN3O2S/c1-23(9-11-8-12(20)6-7-14(11)25-2)10-16-21-18(24)17-13-4-3-5-15(13)26-19(17)22-16/h6-8H,3-5,9-10H2,1-2H3,(H,21,22,24). The first-order chi connectivity index (χ1) is 12.5. The third-order valence-corrected chi connectivity index (χ3v) is 6.15. The average Bonchev–Trinajstić information content (AvgIpc) is 3.15. The predicted molar refractivity (Wildman–Crippen MR) is 105 cm³/mol. The molecule has 1 N–H and O–H groups in total. The maximum absolute atomic E-state index is 12.6. The second-order valence-electron chi connectivity index (χ2n) is 6.68. The number of thiophene rings is 1. The van der Waals surface area contributed by atoms with Gasteiger partial charge in [0.2, 0.25) is 0 Å². The quantitative estimate of drug-likeness (QED) is 0.721. The SMILES string of the molecule is COc1ccc(Cl)cc1CN(C)Cc1nc2sc3c(c2c(=O)[nH]1)CCC3. The van der Waals surface area contributed by atoms with Crippen molar-refractivity contribution < 1.29 is 4.74 Å². The van der Waals surface area contributed by atoms with E-state index >= 15 is 0 Å². The summed E-state index contributed by atoms with van der Waals surface area (Å²) >= 11 is 7.77. The number of H-pyrrole nitrogens is 1. The molecule has 1 aromatic carbocycles. The molecule has 0 saturated carbocycles. The number of hydrogen-bond acceptors (Lipinski definition) is 5. The van der Waals surface area contributed by atoms with Crippen LogP contribution in [-0.4, -0.2) is 29.0 Å². The number of aromatic nitrogens is 2. The molecule has 0 amide bonds. The first-order valence-corrected chi connectivity index (χ1v) is 9.79. The zero-order valence-corrected chi connectivity index (χ0v) is 16.3. The van der Waals surface area contributed by atoms with Gasteiger partial charge in [-0.15, -0.1) is 11.3 Å². The molecule has 0 unspecified atom stereocenters. The number of benzene rings is 1. The molecule has 26 heavy (non-hydrogen) atoms. The number of methoxy groups -OCH3 is 1. The van der Waals surface area contributed by atoms with Gasteiger partial charge in [-0.25, -0.2) is 4.98 Å². The van der Waals surface area contributed by atoms with E-state index in [2.05, 4.69) is 9.88 Å². The number of halogens is 1. The summed E-state index contributed by atoms with van der Waals surface area (Å²) in [6.07, 6.45) is 3.20. The highest BCUT2D eigenvalue weighted by Crippen LogP contribution is 2.34. The average molecular weight is 390 g/mol. The Morgan fingerprint density at radius 2 is 2.19 bits per heavy atom. The van der Waals surface area contributed by atoms with E-state index in [4.69, 9.17) is 21.3 Å². The summed E-state index contributed by atoms with van der Waals surface area (Å²) < 4.78 is 5.41. The molecule has 0 fully saturated rings. The number of rotatable bonds is 5. The highest BCUT2D eigenvalue weighted by Gasteiger charge is 2.21. The molecule has 0 atom stereocenters. The summed E-state index contributed by atoms with van der Waals surface area (Å²) in [7, 11) is 3.63. The minimum atomic E-state index is -0.0156. The molecule has 0 radical (unpaired) electrons. The van der Waals surface area contributed by atoms with Crippen molar-refractivity contribution in [1.29, 1.82) is 0 Å². The van der Waals surface area contributed by atoms with Gasteiger partial charge < -0.3 is 9.72 Å². The normalized spacial score (nSPS) is 13.5. The Morgan fingerprint density at radius 3 is 3.00 bits per heavy atom. The maximum atomic E-state index is 12.6. The largest absolute Gasteiger partial charge is 0.496 e. The number of ether oxygens (including phenoxy) is 1. The van der Waals surface area contributed by atoms with E-state index in [0.29, 0.717) is 23.9 Å². The minimum Gasteiger partial charge on any atom is -0.496 e. The van der Waals surface area contributed by atoms with Crippen LogP contribution in [0.5, 0.6) is 5.75 Å². The number of aromatic amines is 1. The van der Waals surface area contributed by atoms with Crippen molar-refractivity contribution in [2.75, 3.05) is 14.2 Å². The highest BCUT2D eigenvalue weighted by atomic mass is 35.5. The molecule has 2 heterocycles. The van der Waals surface area contributed by atoms with Crippen molar-refractivity contribution in [1.82, 2.24) is 14.9 Å². The highest BCUT2D eigenvalue weighted by molar-refractivity contribution is 7.18. The molecular formula is C19H20ClN3O2S. The fraction of sp³-hybridized carbons (Fsp3) is 0.368. The molecule has 7 heteroatoms. The second-order valence-corrected chi connectivity index (χ2v) is 8.20. The van der Waals surface area contributed by atoms with Crippen molar-refractivity contribution in [3.63, 3.8) is 0 Å². The molecule has 4 rings (SSSR count). The van der Waals surface area contributed by atoms with Gasteiger partial charge in [-0.05, 0) is 50.1 Å². The van der Waals surface area contributed by atoms with Crippen LogP contribution >= 0.6 is 22.9 Å². The van der Waals surface area contributed by atoms with Crippen molar-refractivity contribution in [3.8, 4) is 5.75 Å². The van der Waals surface area contributed by atoms with Gasteiger partial charge in [0.05, 0.1) is 19.0 Å². The first-order valence-electron chi connectivity index (χ1n) is 8.59. The van der Waals surface area contributed by atoms with E-state index in [1.54, 1.807) is 18.4 Å². The summed E-state index contributed by atoms with van der Waals surface area (Å²) in [6.45, 7) is 1.19. The lowest BCUT2D eigenvalue weighted by Gasteiger charge is -2.18. The number of fused-ring (bicyclic) bond motifs is 3. The zero-order chi connectivity index (χ0) is 18.3. The predicted octanol–water partition coefficient (Wildman–Crippen LogP) is 3.77. The molecule has 5 nitrogen and oxygen atoms in total. The van der Waals surface area contributed by atoms with Crippen LogP contribution in [0.25, 0.3) is 10.2 Å². The van der Waals surface area contributed by atoms with Crippen molar-refractivity contribution in [2.24, 2.45) is 0 Å². The number of nitrogens with one attached hydrogen (secondary N) is 1. The van der Waals surface area contributed by atoms with E-state index in [0.717, 1.165) is 40.8 Å². The Bertz CT molecular complexity index is 1030. The fourth-order valence-electron chi connectivity index (χ4n) is 3.59. The van der Waals surface area contributed by atoms with Gasteiger partial charge in [0.25, 0.3) is 5.56 Å². The molecule has 3 aromatic rings. The van der Waals surface area contributed by atoms with Crippen LogP contribution < -0.4 is 10.3 Å². The van der Waals surface area contributed by atoms with Crippen LogP contribution in [0.4, 0.5) is 0 Å². The summed E-state index contributed by atoms with van der Waals surface area (Å²) in [4.78, 5) is 24.5. The third-order valence-electron chi connectivity index (χ3n) is 4.73. The molecule has 2 aromatic heterocycles. The van der Waals surface area contributed by atoms with Gasteiger partial charge >= 0.3 is 0 Å². The van der Waals surface area contributed by atoms with E-state index < -0.39 is 0 Å². The van der Waals surface area contributed by atoms with E-state index in [-0.39, 0.29) is 5.56 Å². The summed E-state index contributed by atoms with van der Waals surface area (Å²) in [5.41, 5.74) is 2.20. The van der Waals surface area contributed by atoms with Gasteiger partial charge in [0.1, 0.15) is 16.4 Å². The zero-order valence-electron chi connectivity index (χ0n) is 14.8. The summed E-state index contributed by atoms with van der Waals surface area (Å²) in [5.74, 6) is 1.48. The fourth-order valence-corrected chi connectivity index (χ4v) is 5.07. The number of hydrogen-bond donors (Lipinski definition) is 1. The molecule has 136 valence electrons. The van der Waals surface area contributed by atoms with Crippen molar-refractivity contribution in [3.05, 3.63) is 55.4 Å². The maximum Gasteiger partial charge on any atom is 0.259 e. The van der Waals surface area contributed by atoms with Crippen molar-refractivity contribution in [2.45, 2.75) is 32.4 Å². The van der Waals surface area contributed by atoms with Crippen LogP contribution in [-0.2, 0) is 25.9 Å². The van der Waals surface area contributed by atoms with E-state index in [1.807, 2.05) is 25.2 Å². The van der Waals surface area contributed by atoms with Crippen LogP contribution in [0.2, 0.25) is 5.02 Å². The molecule has 0 aliphatic heterocycles. The lowest BCUT2D eigenvalue weighted by molar-refractivity contribution is 0.303. The Kier molecular flexibility index (Phi) is 4.73. The van der Waals surface area contributed by atoms with Gasteiger partial charge in [-0.3, -0.25) is 9.69 Å². The molecule has 1 aliphatic rings. The topological polar surface area (TPSA) is 58.2 Å². The van der Waals surface area contributed by atoms with Crippen LogP contribution in [0.3, 0.4) is 0 Å². The van der Waals surface area contributed by atoms with Crippen LogP contribution in [0.15, 0.2) is 23.0 Å². The smallest absolute Gasteiger partial charge is 0.259 e. The first kappa shape index (κ1) is 17.5. The lowest BCUT2D eigenvalue weighted by atomic mass is 10.2. The van der Waals surface area contributed by atoms with Gasteiger partial charge in [0.15, 0.2) is 0 Å². The van der Waals surface area contributed by atoms with Crippen LogP contribution in [0, 0.1) is 0 Å². The second kappa shape index (κ2) is 7.02. The summed E-state index contributed by atoms with van der Waals surface area (Å²) in [5, 5.41) is 1.47. The molecule has 0 saturated heterocycles. The van der Waals surface area contributed by atoms with Gasteiger partial charge in [0, 0.05) is 22.0 Å². The minimum absolute atomic E-state index is 0.0156. The monoisotopic (exact) mass is 389 g/mol. The molecule has 1 aliphatic carbocycles. The Morgan fingerprint density at radius 1 is 1.35 bits per heavy atom. The van der Waals surface area contributed by atoms with Gasteiger partial charge in [-0.1, -0.05) is 11.6 Å². The summed E-state index contributed by atoms with van der Waals surface area (Å²) in [6, 6.07) is 5.58.